The van der Waals surface area contributed by atoms with E-state index in [4.69, 9.17) is 4.74 Å². The second-order valence-electron chi connectivity index (χ2n) is 4.85. The fraction of sp³-hybridized carbons (Fsp3) is 0.714. The molecule has 0 unspecified atom stereocenters. The van der Waals surface area contributed by atoms with Gasteiger partial charge in [-0.2, -0.15) is 18.3 Å². The summed E-state index contributed by atoms with van der Waals surface area (Å²) in [7, 11) is 1.46. The van der Waals surface area contributed by atoms with Gasteiger partial charge in [-0.3, -0.25) is 4.68 Å². The lowest BCUT2D eigenvalue weighted by Gasteiger charge is -2.11. The maximum atomic E-state index is 12.9. The predicted octanol–water partition coefficient (Wildman–Crippen LogP) is 1.92. The number of aromatic nitrogens is 2. The van der Waals surface area contributed by atoms with Crippen LogP contribution in [0.4, 0.5) is 13.2 Å². The zero-order valence-electron chi connectivity index (χ0n) is 13.7. The second kappa shape index (κ2) is 9.39. The number of ether oxygens (including phenoxy) is 1. The number of alkyl halides is 3. The topological polar surface area (TPSA) is 63.5 Å². The van der Waals surface area contributed by atoms with Gasteiger partial charge in [-0.15, -0.1) is 0 Å². The molecule has 2 N–H and O–H groups in total. The molecular formula is C14H24F3N5O. The highest BCUT2D eigenvalue weighted by Crippen LogP contribution is 2.30. The SMILES string of the molecule is CCNC(=NCc1cn(C)nc1C(F)(F)F)NCCCOCC. The van der Waals surface area contributed by atoms with Gasteiger partial charge in [0.25, 0.3) is 0 Å². The molecule has 1 aromatic rings. The number of aliphatic imine (C=N–C) groups is 1. The van der Waals surface area contributed by atoms with E-state index >= 15 is 0 Å². The van der Waals surface area contributed by atoms with Crippen LogP contribution in [-0.2, 0) is 24.5 Å². The van der Waals surface area contributed by atoms with Crippen molar-refractivity contribution in [1.29, 1.82) is 0 Å². The minimum atomic E-state index is -4.48. The molecule has 0 saturated carbocycles. The van der Waals surface area contributed by atoms with Crippen molar-refractivity contribution in [2.75, 3.05) is 26.3 Å². The standard InChI is InChI=1S/C14H24F3N5O/c1-4-18-13(19-7-6-8-23-5-2)20-9-11-10-22(3)21-12(11)14(15,16)17/h10H,4-9H2,1-3H3,(H2,18,19,20). The van der Waals surface area contributed by atoms with Gasteiger partial charge in [-0.25, -0.2) is 4.99 Å². The summed E-state index contributed by atoms with van der Waals surface area (Å²) in [6, 6.07) is 0. The van der Waals surface area contributed by atoms with Crippen molar-refractivity contribution in [2.45, 2.75) is 33.0 Å². The lowest BCUT2D eigenvalue weighted by atomic mass is 10.2. The van der Waals surface area contributed by atoms with E-state index in [-0.39, 0.29) is 12.1 Å². The monoisotopic (exact) mass is 335 g/mol. The molecule has 0 atom stereocenters. The third-order valence-corrected chi connectivity index (χ3v) is 2.89. The molecule has 0 aliphatic rings. The van der Waals surface area contributed by atoms with Crippen molar-refractivity contribution in [1.82, 2.24) is 20.4 Å². The molecule has 0 bridgehead atoms. The molecule has 23 heavy (non-hydrogen) atoms. The van der Waals surface area contributed by atoms with Crippen LogP contribution < -0.4 is 10.6 Å². The van der Waals surface area contributed by atoms with Crippen LogP contribution in [0.25, 0.3) is 0 Å². The van der Waals surface area contributed by atoms with Crippen LogP contribution in [-0.4, -0.2) is 42.0 Å². The summed E-state index contributed by atoms with van der Waals surface area (Å²) in [5.41, 5.74) is -0.845. The summed E-state index contributed by atoms with van der Waals surface area (Å²) < 4.78 is 45.0. The Labute approximate surface area is 134 Å². The molecule has 1 aromatic heterocycles. The molecule has 0 aliphatic heterocycles. The van der Waals surface area contributed by atoms with E-state index in [0.717, 1.165) is 11.1 Å². The van der Waals surface area contributed by atoms with E-state index in [1.165, 1.54) is 13.2 Å². The summed E-state index contributed by atoms with van der Waals surface area (Å²) >= 11 is 0. The number of aryl methyl sites for hydroxylation is 1. The summed E-state index contributed by atoms with van der Waals surface area (Å²) in [6.45, 7) is 6.26. The number of guanidine groups is 1. The maximum absolute atomic E-state index is 12.9. The fourth-order valence-corrected chi connectivity index (χ4v) is 1.92. The van der Waals surface area contributed by atoms with Gasteiger partial charge in [0.05, 0.1) is 6.54 Å². The van der Waals surface area contributed by atoms with Crippen molar-refractivity contribution >= 4 is 5.96 Å². The molecule has 1 heterocycles. The molecule has 0 aromatic carbocycles. The van der Waals surface area contributed by atoms with E-state index < -0.39 is 11.9 Å². The molecule has 0 amide bonds. The van der Waals surface area contributed by atoms with Gasteiger partial charge >= 0.3 is 6.18 Å². The van der Waals surface area contributed by atoms with Crippen LogP contribution in [0.2, 0.25) is 0 Å². The summed E-state index contributed by atoms with van der Waals surface area (Å²) in [5, 5.41) is 9.53. The van der Waals surface area contributed by atoms with Crippen LogP contribution in [0.15, 0.2) is 11.2 Å². The minimum absolute atomic E-state index is 0.0477. The molecule has 1 rings (SSSR count). The molecule has 0 fully saturated rings. The fourth-order valence-electron chi connectivity index (χ4n) is 1.92. The molecule has 6 nitrogen and oxygen atoms in total. The Hall–Kier alpha value is -1.77. The second-order valence-corrected chi connectivity index (χ2v) is 4.85. The Morgan fingerprint density at radius 2 is 2.09 bits per heavy atom. The first-order chi connectivity index (χ1) is 10.9. The smallest absolute Gasteiger partial charge is 0.382 e. The largest absolute Gasteiger partial charge is 0.435 e. The van der Waals surface area contributed by atoms with Gasteiger partial charge in [0.2, 0.25) is 0 Å². The number of halogens is 3. The molecule has 0 radical (unpaired) electrons. The number of nitrogens with one attached hydrogen (secondary N) is 2. The highest BCUT2D eigenvalue weighted by atomic mass is 19.4. The van der Waals surface area contributed by atoms with Crippen molar-refractivity contribution < 1.29 is 17.9 Å². The van der Waals surface area contributed by atoms with Crippen molar-refractivity contribution in [3.63, 3.8) is 0 Å². The Kier molecular flexibility index (Phi) is 7.87. The van der Waals surface area contributed by atoms with Crippen molar-refractivity contribution in [3.05, 3.63) is 17.5 Å². The molecule has 0 saturated heterocycles. The Bertz CT molecular complexity index is 499. The molecular weight excluding hydrogens is 311 g/mol. The van der Waals surface area contributed by atoms with Crippen LogP contribution in [0.3, 0.4) is 0 Å². The molecule has 0 spiro atoms. The summed E-state index contributed by atoms with van der Waals surface area (Å²) in [4.78, 5) is 4.19. The van der Waals surface area contributed by atoms with Gasteiger partial charge in [-0.05, 0) is 20.3 Å². The molecule has 9 heteroatoms. The first kappa shape index (κ1) is 19.3. The summed E-state index contributed by atoms with van der Waals surface area (Å²) in [6.07, 6.45) is -2.35. The Morgan fingerprint density at radius 1 is 1.35 bits per heavy atom. The molecule has 132 valence electrons. The van der Waals surface area contributed by atoms with Crippen molar-refractivity contribution in [3.8, 4) is 0 Å². The minimum Gasteiger partial charge on any atom is -0.382 e. The average Bonchev–Trinajstić information content (AvgIpc) is 2.85. The van der Waals surface area contributed by atoms with Crippen LogP contribution in [0.1, 0.15) is 31.5 Å². The van der Waals surface area contributed by atoms with E-state index in [1.54, 1.807) is 0 Å². The van der Waals surface area contributed by atoms with E-state index in [1.807, 2.05) is 13.8 Å². The Balaban J connectivity index is 2.66. The zero-order valence-corrected chi connectivity index (χ0v) is 13.7. The van der Waals surface area contributed by atoms with Gasteiger partial charge < -0.3 is 15.4 Å². The number of hydrogen-bond donors (Lipinski definition) is 2. The van der Waals surface area contributed by atoms with E-state index in [0.29, 0.717) is 32.3 Å². The maximum Gasteiger partial charge on any atom is 0.435 e. The molecule has 0 aliphatic carbocycles. The lowest BCUT2D eigenvalue weighted by Crippen LogP contribution is -2.38. The van der Waals surface area contributed by atoms with Gasteiger partial charge in [-0.1, -0.05) is 0 Å². The average molecular weight is 335 g/mol. The van der Waals surface area contributed by atoms with Crippen molar-refractivity contribution in [2.24, 2.45) is 12.0 Å². The van der Waals surface area contributed by atoms with Crippen LogP contribution in [0, 0.1) is 0 Å². The highest BCUT2D eigenvalue weighted by molar-refractivity contribution is 5.79. The number of nitrogens with zero attached hydrogens (tertiary/aromatic N) is 3. The number of hydrogen-bond acceptors (Lipinski definition) is 3. The third-order valence-electron chi connectivity index (χ3n) is 2.89. The van der Waals surface area contributed by atoms with Gasteiger partial charge in [0.15, 0.2) is 11.7 Å². The predicted molar refractivity (Wildman–Crippen MR) is 82.1 cm³/mol. The highest BCUT2D eigenvalue weighted by Gasteiger charge is 2.36. The van der Waals surface area contributed by atoms with Crippen LogP contribution >= 0.6 is 0 Å². The lowest BCUT2D eigenvalue weighted by molar-refractivity contribution is -0.142. The first-order valence-electron chi connectivity index (χ1n) is 7.58. The Morgan fingerprint density at radius 3 is 2.70 bits per heavy atom. The van der Waals surface area contributed by atoms with Gasteiger partial charge in [0, 0.05) is 45.1 Å². The summed E-state index contributed by atoms with van der Waals surface area (Å²) in [5.74, 6) is 0.473. The third kappa shape index (κ3) is 6.89. The van der Waals surface area contributed by atoms with E-state index in [2.05, 4.69) is 20.7 Å². The quantitative estimate of drug-likeness (QED) is 0.433. The van der Waals surface area contributed by atoms with Crippen LogP contribution in [0.5, 0.6) is 0 Å². The normalized spacial score (nSPS) is 12.5. The first-order valence-corrected chi connectivity index (χ1v) is 7.58. The van der Waals surface area contributed by atoms with E-state index in [9.17, 15) is 13.2 Å². The number of rotatable bonds is 8. The van der Waals surface area contributed by atoms with Gasteiger partial charge in [0.1, 0.15) is 0 Å². The zero-order chi connectivity index (χ0) is 17.3.